The fraction of sp³-hybridized carbons (Fsp3) is 0.273. The highest BCUT2D eigenvalue weighted by Gasteiger charge is 2.03. The van der Waals surface area contributed by atoms with Crippen LogP contribution in [0.5, 0.6) is 0 Å². The van der Waals surface area contributed by atoms with Crippen molar-refractivity contribution in [3.63, 3.8) is 0 Å². The molecule has 0 aliphatic heterocycles. The van der Waals surface area contributed by atoms with Gasteiger partial charge in [-0.15, -0.1) is 0 Å². The van der Waals surface area contributed by atoms with E-state index in [0.29, 0.717) is 13.0 Å². The fourth-order valence-corrected chi connectivity index (χ4v) is 1.29. The van der Waals surface area contributed by atoms with Crippen LogP contribution >= 0.6 is 0 Å². The third kappa shape index (κ3) is 4.10. The Kier molecular flexibility index (Phi) is 4.47. The van der Waals surface area contributed by atoms with E-state index in [0.717, 1.165) is 5.56 Å². The van der Waals surface area contributed by atoms with Gasteiger partial charge in [0.1, 0.15) is 0 Å². The van der Waals surface area contributed by atoms with E-state index in [4.69, 9.17) is 10.2 Å². The van der Waals surface area contributed by atoms with Gasteiger partial charge in [-0.3, -0.25) is 4.79 Å². The van der Waals surface area contributed by atoms with Crippen LogP contribution in [0.15, 0.2) is 24.3 Å². The molecular formula is C11H13NO4. The molecule has 0 aliphatic carbocycles. The second-order valence-corrected chi connectivity index (χ2v) is 3.33. The molecule has 0 radical (unpaired) electrons. The average Bonchev–Trinajstić information content (AvgIpc) is 2.24. The maximum absolute atomic E-state index is 10.7. The van der Waals surface area contributed by atoms with E-state index in [1.165, 1.54) is 6.07 Å². The molecule has 0 saturated carbocycles. The summed E-state index contributed by atoms with van der Waals surface area (Å²) < 4.78 is 0. The lowest BCUT2D eigenvalue weighted by molar-refractivity contribution is -0.135. The molecular weight excluding hydrogens is 210 g/mol. The zero-order chi connectivity index (χ0) is 12.0. The lowest BCUT2D eigenvalue weighted by Gasteiger charge is -2.03. The molecule has 0 heterocycles. The molecule has 0 saturated heterocycles. The molecule has 1 rings (SSSR count). The third-order valence-electron chi connectivity index (χ3n) is 2.04. The highest BCUT2D eigenvalue weighted by atomic mass is 16.4. The number of rotatable bonds is 6. The summed E-state index contributed by atoms with van der Waals surface area (Å²) in [5.41, 5.74) is 1.12. The van der Waals surface area contributed by atoms with Crippen LogP contribution < -0.4 is 5.32 Å². The number of carboxylic acid groups (broad SMARTS) is 2. The number of hydrogen-bond donors (Lipinski definition) is 3. The lowest BCUT2D eigenvalue weighted by atomic mass is 10.1. The van der Waals surface area contributed by atoms with Crippen molar-refractivity contribution < 1.29 is 19.8 Å². The molecule has 3 N–H and O–H groups in total. The molecule has 1 aromatic rings. The number of nitrogens with one attached hydrogen (secondary N) is 1. The Morgan fingerprint density at radius 1 is 1.25 bits per heavy atom. The number of aliphatic carboxylic acids is 1. The molecule has 86 valence electrons. The zero-order valence-corrected chi connectivity index (χ0v) is 8.64. The minimum absolute atomic E-state index is 0.0847. The molecule has 5 nitrogen and oxygen atoms in total. The average molecular weight is 223 g/mol. The van der Waals surface area contributed by atoms with Gasteiger partial charge in [-0.25, -0.2) is 4.79 Å². The molecule has 0 aromatic heterocycles. The number of carbonyl (C=O) groups is 2. The van der Waals surface area contributed by atoms with Crippen LogP contribution in [0.25, 0.3) is 0 Å². The van der Waals surface area contributed by atoms with Gasteiger partial charge in [-0.1, -0.05) is 12.1 Å². The highest BCUT2D eigenvalue weighted by molar-refractivity contribution is 5.87. The molecule has 0 spiro atoms. The van der Waals surface area contributed by atoms with Gasteiger partial charge in [0.05, 0.1) is 12.1 Å². The summed E-state index contributed by atoms with van der Waals surface area (Å²) in [4.78, 5) is 20.9. The van der Waals surface area contributed by atoms with E-state index >= 15 is 0 Å². The third-order valence-corrected chi connectivity index (χ3v) is 2.04. The summed E-state index contributed by atoms with van der Waals surface area (Å²) in [7, 11) is 0. The second-order valence-electron chi connectivity index (χ2n) is 3.33. The Morgan fingerprint density at radius 2 is 2.00 bits per heavy atom. The van der Waals surface area contributed by atoms with Crippen molar-refractivity contribution in [2.75, 3.05) is 13.1 Å². The largest absolute Gasteiger partial charge is 0.480 e. The SMILES string of the molecule is O=C(O)CNCCc1cccc(C(=O)O)c1. The number of carboxylic acids is 2. The monoisotopic (exact) mass is 223 g/mol. The summed E-state index contributed by atoms with van der Waals surface area (Å²) >= 11 is 0. The first kappa shape index (κ1) is 12.2. The summed E-state index contributed by atoms with van der Waals surface area (Å²) in [5.74, 6) is -1.86. The molecule has 0 aliphatic rings. The van der Waals surface area contributed by atoms with E-state index in [-0.39, 0.29) is 12.1 Å². The molecule has 0 amide bonds. The molecule has 5 heteroatoms. The Morgan fingerprint density at radius 3 is 2.62 bits per heavy atom. The van der Waals surface area contributed by atoms with Gasteiger partial charge < -0.3 is 15.5 Å². The van der Waals surface area contributed by atoms with Gasteiger partial charge in [-0.2, -0.15) is 0 Å². The van der Waals surface area contributed by atoms with Crippen molar-refractivity contribution in [2.45, 2.75) is 6.42 Å². The van der Waals surface area contributed by atoms with E-state index in [1.807, 2.05) is 6.07 Å². The Bertz CT molecular complexity index is 389. The molecule has 16 heavy (non-hydrogen) atoms. The topological polar surface area (TPSA) is 86.6 Å². The van der Waals surface area contributed by atoms with Crippen molar-refractivity contribution in [1.29, 1.82) is 0 Å². The van der Waals surface area contributed by atoms with Crippen molar-refractivity contribution in [2.24, 2.45) is 0 Å². The molecule has 0 unspecified atom stereocenters. The second kappa shape index (κ2) is 5.87. The maximum atomic E-state index is 10.7. The summed E-state index contributed by atoms with van der Waals surface area (Å²) in [6, 6.07) is 6.60. The molecule has 0 fully saturated rings. The van der Waals surface area contributed by atoms with Gasteiger partial charge in [-0.05, 0) is 30.7 Å². The first-order valence-electron chi connectivity index (χ1n) is 4.84. The van der Waals surface area contributed by atoms with Gasteiger partial charge in [0.2, 0.25) is 0 Å². The van der Waals surface area contributed by atoms with Crippen molar-refractivity contribution in [1.82, 2.24) is 5.32 Å². The quantitative estimate of drug-likeness (QED) is 0.615. The van der Waals surface area contributed by atoms with Crippen molar-refractivity contribution in [3.05, 3.63) is 35.4 Å². The van der Waals surface area contributed by atoms with E-state index in [1.54, 1.807) is 12.1 Å². The summed E-state index contributed by atoms with van der Waals surface area (Å²) in [5, 5.41) is 19.9. The lowest BCUT2D eigenvalue weighted by Crippen LogP contribution is -2.24. The smallest absolute Gasteiger partial charge is 0.335 e. The van der Waals surface area contributed by atoms with Gasteiger partial charge >= 0.3 is 11.9 Å². The normalized spacial score (nSPS) is 10.0. The number of benzene rings is 1. The molecule has 0 bridgehead atoms. The van der Waals surface area contributed by atoms with Gasteiger partial charge in [0.15, 0.2) is 0 Å². The van der Waals surface area contributed by atoms with Crippen LogP contribution in [0.3, 0.4) is 0 Å². The van der Waals surface area contributed by atoms with E-state index < -0.39 is 11.9 Å². The first-order chi connectivity index (χ1) is 7.59. The Balaban J connectivity index is 2.45. The van der Waals surface area contributed by atoms with Crippen LogP contribution in [-0.4, -0.2) is 35.2 Å². The van der Waals surface area contributed by atoms with Crippen LogP contribution in [-0.2, 0) is 11.2 Å². The predicted octanol–water partition coefficient (Wildman–Crippen LogP) is 0.601. The summed E-state index contributed by atoms with van der Waals surface area (Å²) in [6.07, 6.45) is 0.606. The van der Waals surface area contributed by atoms with Crippen molar-refractivity contribution in [3.8, 4) is 0 Å². The van der Waals surface area contributed by atoms with Crippen molar-refractivity contribution >= 4 is 11.9 Å². The fourth-order valence-electron chi connectivity index (χ4n) is 1.29. The van der Waals surface area contributed by atoms with Gasteiger partial charge in [0.25, 0.3) is 0 Å². The minimum Gasteiger partial charge on any atom is -0.480 e. The Hall–Kier alpha value is -1.88. The highest BCUT2D eigenvalue weighted by Crippen LogP contribution is 2.05. The maximum Gasteiger partial charge on any atom is 0.335 e. The number of hydrogen-bond acceptors (Lipinski definition) is 3. The Labute approximate surface area is 92.7 Å². The van der Waals surface area contributed by atoms with Crippen LogP contribution in [0.1, 0.15) is 15.9 Å². The summed E-state index contributed by atoms with van der Waals surface area (Å²) in [6.45, 7) is 0.425. The predicted molar refractivity (Wildman–Crippen MR) is 57.6 cm³/mol. The van der Waals surface area contributed by atoms with Crippen LogP contribution in [0.2, 0.25) is 0 Å². The molecule has 0 atom stereocenters. The zero-order valence-electron chi connectivity index (χ0n) is 8.64. The van der Waals surface area contributed by atoms with Gasteiger partial charge in [0, 0.05) is 0 Å². The standard InChI is InChI=1S/C11H13NO4/c13-10(14)7-12-5-4-8-2-1-3-9(6-8)11(15)16/h1-3,6,12H,4-5,7H2,(H,13,14)(H,15,16). The van der Waals surface area contributed by atoms with E-state index in [2.05, 4.69) is 5.32 Å². The first-order valence-corrected chi connectivity index (χ1v) is 4.84. The van der Waals surface area contributed by atoms with Crippen LogP contribution in [0, 0.1) is 0 Å². The minimum atomic E-state index is -0.958. The van der Waals surface area contributed by atoms with E-state index in [9.17, 15) is 9.59 Å². The van der Waals surface area contributed by atoms with Crippen LogP contribution in [0.4, 0.5) is 0 Å². The number of aromatic carboxylic acids is 1. The molecule has 1 aromatic carbocycles.